The van der Waals surface area contributed by atoms with E-state index < -0.39 is 24.3 Å². The number of carbonyl (C=O) groups excluding carboxylic acids is 1. The molecule has 3 aliphatic rings. The number of hydrogen-bond donors (Lipinski definition) is 5. The van der Waals surface area contributed by atoms with E-state index in [2.05, 4.69) is 21.3 Å². The van der Waals surface area contributed by atoms with Gasteiger partial charge in [-0.25, -0.2) is 9.78 Å². The van der Waals surface area contributed by atoms with Gasteiger partial charge in [-0.05, 0) is 31.5 Å². The smallest absolute Gasteiger partial charge is 0.334 e. The maximum Gasteiger partial charge on any atom is 0.334 e. The van der Waals surface area contributed by atoms with Crippen LogP contribution in [0.25, 0.3) is 10.2 Å². The van der Waals surface area contributed by atoms with E-state index in [4.69, 9.17) is 9.72 Å². The van der Waals surface area contributed by atoms with Gasteiger partial charge in [0.1, 0.15) is 17.2 Å². The minimum absolute atomic E-state index is 0.118. The molecule has 0 radical (unpaired) electrons. The van der Waals surface area contributed by atoms with Crippen LogP contribution in [0.5, 0.6) is 0 Å². The largest absolute Gasteiger partial charge is 0.479 e. The summed E-state index contributed by atoms with van der Waals surface area (Å²) < 4.78 is 6.39. The van der Waals surface area contributed by atoms with Crippen LogP contribution in [-0.4, -0.2) is 84.3 Å². The zero-order chi connectivity index (χ0) is 22.1. The van der Waals surface area contributed by atoms with Crippen molar-refractivity contribution in [1.82, 2.24) is 31.2 Å². The summed E-state index contributed by atoms with van der Waals surface area (Å²) in [7, 11) is 0. The zero-order valence-electron chi connectivity index (χ0n) is 17.6. The zero-order valence-corrected chi connectivity index (χ0v) is 18.4. The van der Waals surface area contributed by atoms with Gasteiger partial charge in [-0.15, -0.1) is 11.3 Å². The van der Waals surface area contributed by atoms with Crippen molar-refractivity contribution in [2.75, 3.05) is 32.8 Å². The first-order chi connectivity index (χ1) is 15.6. The quantitative estimate of drug-likeness (QED) is 0.413. The number of morpholine rings is 1. The molecule has 3 saturated heterocycles. The molecule has 5 atom stereocenters. The van der Waals surface area contributed by atoms with Crippen LogP contribution in [0.4, 0.5) is 0 Å². The van der Waals surface area contributed by atoms with Crippen molar-refractivity contribution in [2.45, 2.75) is 43.4 Å². The van der Waals surface area contributed by atoms with Gasteiger partial charge in [-0.1, -0.05) is 12.1 Å². The van der Waals surface area contributed by atoms with Crippen molar-refractivity contribution in [3.8, 4) is 0 Å². The number of nitrogens with one attached hydrogen (secondary N) is 4. The van der Waals surface area contributed by atoms with E-state index in [-0.39, 0.29) is 24.7 Å². The van der Waals surface area contributed by atoms with E-state index in [1.165, 1.54) is 11.3 Å². The van der Waals surface area contributed by atoms with Gasteiger partial charge in [0, 0.05) is 25.7 Å². The average molecular weight is 461 g/mol. The number of hydrogen-bond acceptors (Lipinski definition) is 9. The highest BCUT2D eigenvalue weighted by Crippen LogP contribution is 2.31. The molecule has 0 spiro atoms. The van der Waals surface area contributed by atoms with E-state index >= 15 is 0 Å². The van der Waals surface area contributed by atoms with Gasteiger partial charge in [-0.3, -0.25) is 20.3 Å². The first-order valence-corrected chi connectivity index (χ1v) is 11.9. The molecule has 4 unspecified atom stereocenters. The molecule has 0 aliphatic carbocycles. The second kappa shape index (κ2) is 9.38. The van der Waals surface area contributed by atoms with E-state index in [1.807, 2.05) is 29.2 Å². The molecule has 4 heterocycles. The molecule has 172 valence electrons. The topological polar surface area (TPSA) is 128 Å². The number of rotatable bonds is 5. The molecule has 0 saturated carbocycles. The van der Waals surface area contributed by atoms with Crippen molar-refractivity contribution < 1.29 is 19.4 Å². The van der Waals surface area contributed by atoms with Gasteiger partial charge >= 0.3 is 5.97 Å². The lowest BCUT2D eigenvalue weighted by molar-refractivity contribution is -0.159. The fraction of sp³-hybridized carbons (Fsp3) is 0.571. The normalized spacial score (nSPS) is 32.0. The van der Waals surface area contributed by atoms with Crippen LogP contribution in [0.2, 0.25) is 0 Å². The minimum atomic E-state index is -0.993. The van der Waals surface area contributed by atoms with Gasteiger partial charge < -0.3 is 20.5 Å². The third-order valence-corrected chi connectivity index (χ3v) is 7.38. The highest BCUT2D eigenvalue weighted by atomic mass is 32.1. The Bertz CT molecular complexity index is 947. The van der Waals surface area contributed by atoms with E-state index in [0.29, 0.717) is 13.2 Å². The van der Waals surface area contributed by atoms with Crippen molar-refractivity contribution in [3.05, 3.63) is 29.3 Å². The highest BCUT2D eigenvalue weighted by Gasteiger charge is 2.43. The van der Waals surface area contributed by atoms with Crippen molar-refractivity contribution in [1.29, 1.82) is 0 Å². The fourth-order valence-corrected chi connectivity index (χ4v) is 5.71. The lowest BCUT2D eigenvalue weighted by Crippen LogP contribution is -2.72. The maximum atomic E-state index is 13.4. The second-order valence-electron chi connectivity index (χ2n) is 8.46. The van der Waals surface area contributed by atoms with Gasteiger partial charge in [0.2, 0.25) is 5.91 Å². The molecule has 32 heavy (non-hydrogen) atoms. The molecule has 3 fully saturated rings. The number of piperidine rings is 1. The Morgan fingerprint density at radius 2 is 2.22 bits per heavy atom. The number of thiazole rings is 1. The molecule has 2 aromatic rings. The van der Waals surface area contributed by atoms with Crippen molar-refractivity contribution in [3.63, 3.8) is 0 Å². The third-order valence-electron chi connectivity index (χ3n) is 6.26. The molecule has 1 aromatic heterocycles. The van der Waals surface area contributed by atoms with E-state index in [1.54, 1.807) is 0 Å². The Balaban J connectivity index is 1.40. The first-order valence-electron chi connectivity index (χ1n) is 11.1. The standard InChI is InChI=1S/C21H28N6O4S/c28-18-16(19-24-13-5-1-2-6-15(13)32-19)17(23-12-4-3-7-22-10-12)25-21(26-18)27-8-9-31-14(11-27)20(29)30/h1-2,5-6,12,14,16-17,21-23,25H,3-4,7-11H2,(H,26,28)(H,29,30)/t12-,14?,16?,17?,21?/m1/s1. The first kappa shape index (κ1) is 21.7. The number of aromatic nitrogens is 1. The number of carbonyl (C=O) groups is 2. The fourth-order valence-electron chi connectivity index (χ4n) is 4.60. The van der Waals surface area contributed by atoms with Crippen LogP contribution in [0.1, 0.15) is 23.8 Å². The number of carboxylic acids is 1. The Morgan fingerprint density at radius 1 is 1.34 bits per heavy atom. The van der Waals surface area contributed by atoms with Crippen LogP contribution < -0.4 is 21.3 Å². The number of carboxylic acid groups (broad SMARTS) is 1. The Morgan fingerprint density at radius 3 is 3.00 bits per heavy atom. The summed E-state index contributed by atoms with van der Waals surface area (Å²) in [5.74, 6) is -1.60. The van der Waals surface area contributed by atoms with Gasteiger partial charge in [0.15, 0.2) is 6.10 Å². The van der Waals surface area contributed by atoms with E-state index in [9.17, 15) is 14.7 Å². The Hall–Kier alpha value is -2.15. The molecule has 3 aliphatic heterocycles. The Labute approximate surface area is 189 Å². The molecule has 10 nitrogen and oxygen atoms in total. The minimum Gasteiger partial charge on any atom is -0.479 e. The summed E-state index contributed by atoms with van der Waals surface area (Å²) in [6, 6.07) is 8.13. The van der Waals surface area contributed by atoms with Crippen molar-refractivity contribution >= 4 is 33.4 Å². The predicted octanol–water partition coefficient (Wildman–Crippen LogP) is -0.164. The van der Waals surface area contributed by atoms with Gasteiger partial charge in [0.25, 0.3) is 0 Å². The molecular formula is C21H28N6O4S. The Kier molecular flexibility index (Phi) is 6.35. The van der Waals surface area contributed by atoms with Crippen molar-refractivity contribution in [2.24, 2.45) is 0 Å². The number of fused-ring (bicyclic) bond motifs is 1. The van der Waals surface area contributed by atoms with Gasteiger partial charge in [0.05, 0.1) is 23.0 Å². The molecule has 1 aromatic carbocycles. The average Bonchev–Trinajstić information content (AvgIpc) is 3.23. The molecule has 5 N–H and O–H groups in total. The number of para-hydroxylation sites is 1. The van der Waals surface area contributed by atoms with E-state index in [0.717, 1.165) is 41.2 Å². The van der Waals surface area contributed by atoms with Crippen LogP contribution in [0.15, 0.2) is 24.3 Å². The molecule has 11 heteroatoms. The molecular weight excluding hydrogens is 432 g/mol. The SMILES string of the molecule is O=C(O)C1CN(C2NC(=O)C(c3nc4ccccc4s3)C(N[C@@H]3CCCNC3)N2)CCO1. The van der Waals surface area contributed by atoms with Crippen LogP contribution in [-0.2, 0) is 14.3 Å². The number of benzene rings is 1. The number of amides is 1. The maximum absolute atomic E-state index is 13.4. The molecule has 0 bridgehead atoms. The van der Waals surface area contributed by atoms with Crippen LogP contribution in [0.3, 0.4) is 0 Å². The highest BCUT2D eigenvalue weighted by molar-refractivity contribution is 7.18. The lowest BCUT2D eigenvalue weighted by atomic mass is 10.00. The third kappa shape index (κ3) is 4.49. The number of nitrogens with zero attached hydrogens (tertiary/aromatic N) is 2. The summed E-state index contributed by atoms with van der Waals surface area (Å²) in [6.45, 7) is 2.89. The molecule has 1 amide bonds. The molecule has 5 rings (SSSR count). The monoisotopic (exact) mass is 460 g/mol. The summed E-state index contributed by atoms with van der Waals surface area (Å²) in [5, 5.41) is 23.7. The second-order valence-corrected chi connectivity index (χ2v) is 9.52. The lowest BCUT2D eigenvalue weighted by Gasteiger charge is -2.45. The summed E-state index contributed by atoms with van der Waals surface area (Å²) in [4.78, 5) is 31.5. The predicted molar refractivity (Wildman–Crippen MR) is 119 cm³/mol. The summed E-state index contributed by atoms with van der Waals surface area (Å²) in [5.41, 5.74) is 0.887. The van der Waals surface area contributed by atoms with Gasteiger partial charge in [-0.2, -0.15) is 0 Å². The van der Waals surface area contributed by atoms with Crippen LogP contribution >= 0.6 is 11.3 Å². The number of aliphatic carboxylic acids is 1. The van der Waals surface area contributed by atoms with Crippen LogP contribution in [0, 0.1) is 0 Å². The summed E-state index contributed by atoms with van der Waals surface area (Å²) in [6.07, 6.45) is 0.398. The number of ether oxygens (including phenoxy) is 1. The summed E-state index contributed by atoms with van der Waals surface area (Å²) >= 11 is 1.54.